The number of amides is 1. The van der Waals surface area contributed by atoms with Crippen molar-refractivity contribution in [3.63, 3.8) is 0 Å². The fourth-order valence-electron chi connectivity index (χ4n) is 3.17. The lowest BCUT2D eigenvalue weighted by Crippen LogP contribution is -2.24. The van der Waals surface area contributed by atoms with Crippen LogP contribution in [-0.4, -0.2) is 22.6 Å². The van der Waals surface area contributed by atoms with E-state index in [0.717, 1.165) is 22.4 Å². The molecule has 2 heterocycles. The van der Waals surface area contributed by atoms with Gasteiger partial charge in [-0.1, -0.05) is 46.6 Å². The SMILES string of the molecule is Cc1cccc(-c2noc([C@H]3CC(=O)N(c4ccc(C)c(Cl)c4)C3)n2)c1. The first-order chi connectivity index (χ1) is 12.5. The van der Waals surface area contributed by atoms with Gasteiger partial charge in [0.2, 0.25) is 17.6 Å². The van der Waals surface area contributed by atoms with Crippen molar-refractivity contribution in [2.75, 3.05) is 11.4 Å². The first-order valence-electron chi connectivity index (χ1n) is 8.48. The lowest BCUT2D eigenvalue weighted by atomic mass is 10.1. The second-order valence-corrected chi connectivity index (χ2v) is 7.07. The number of hydrogen-bond donors (Lipinski definition) is 0. The minimum absolute atomic E-state index is 0.0326. The van der Waals surface area contributed by atoms with Crippen LogP contribution < -0.4 is 4.90 Å². The van der Waals surface area contributed by atoms with Crippen LogP contribution in [0.5, 0.6) is 0 Å². The molecule has 2 aromatic carbocycles. The summed E-state index contributed by atoms with van der Waals surface area (Å²) in [6, 6.07) is 13.6. The molecule has 1 amide bonds. The molecule has 1 aliphatic heterocycles. The van der Waals surface area contributed by atoms with Gasteiger partial charge in [0.05, 0.1) is 5.92 Å². The molecule has 0 radical (unpaired) electrons. The average molecular weight is 368 g/mol. The predicted octanol–water partition coefficient (Wildman–Crippen LogP) is 4.53. The maximum Gasteiger partial charge on any atom is 0.232 e. The molecule has 3 aromatic rings. The van der Waals surface area contributed by atoms with Crippen molar-refractivity contribution in [1.82, 2.24) is 10.1 Å². The van der Waals surface area contributed by atoms with Crippen molar-refractivity contribution in [2.45, 2.75) is 26.2 Å². The predicted molar refractivity (Wildman–Crippen MR) is 100 cm³/mol. The van der Waals surface area contributed by atoms with Gasteiger partial charge in [-0.2, -0.15) is 4.98 Å². The molecule has 132 valence electrons. The molecule has 0 spiro atoms. The van der Waals surface area contributed by atoms with E-state index in [1.807, 2.05) is 56.3 Å². The first kappa shape index (κ1) is 16.8. The van der Waals surface area contributed by atoms with Crippen LogP contribution in [0.15, 0.2) is 47.0 Å². The third kappa shape index (κ3) is 3.10. The number of halogens is 1. The monoisotopic (exact) mass is 367 g/mol. The van der Waals surface area contributed by atoms with E-state index in [2.05, 4.69) is 10.1 Å². The van der Waals surface area contributed by atoms with Crippen LogP contribution in [0.3, 0.4) is 0 Å². The molecule has 1 aliphatic rings. The molecule has 1 saturated heterocycles. The molecule has 4 rings (SSSR count). The Bertz CT molecular complexity index is 983. The molecule has 1 fully saturated rings. The molecule has 26 heavy (non-hydrogen) atoms. The average Bonchev–Trinajstić information content (AvgIpc) is 3.24. The van der Waals surface area contributed by atoms with Crippen LogP contribution in [0.25, 0.3) is 11.4 Å². The maximum atomic E-state index is 12.5. The summed E-state index contributed by atoms with van der Waals surface area (Å²) < 4.78 is 5.45. The highest BCUT2D eigenvalue weighted by Gasteiger charge is 2.35. The number of carbonyl (C=O) groups excluding carboxylic acids is 1. The second kappa shape index (κ2) is 6.57. The smallest absolute Gasteiger partial charge is 0.232 e. The van der Waals surface area contributed by atoms with Gasteiger partial charge in [-0.05, 0) is 37.6 Å². The molecule has 0 saturated carbocycles. The van der Waals surface area contributed by atoms with Gasteiger partial charge in [-0.25, -0.2) is 0 Å². The van der Waals surface area contributed by atoms with Crippen LogP contribution in [0.1, 0.15) is 29.4 Å². The molecule has 1 atom stereocenters. The van der Waals surface area contributed by atoms with Crippen LogP contribution in [0, 0.1) is 13.8 Å². The van der Waals surface area contributed by atoms with E-state index in [0.29, 0.717) is 29.7 Å². The van der Waals surface area contributed by atoms with E-state index in [4.69, 9.17) is 16.1 Å². The van der Waals surface area contributed by atoms with Gasteiger partial charge < -0.3 is 9.42 Å². The Kier molecular flexibility index (Phi) is 4.24. The quantitative estimate of drug-likeness (QED) is 0.682. The molecule has 0 unspecified atom stereocenters. The highest BCUT2D eigenvalue weighted by molar-refractivity contribution is 6.31. The Labute approximate surface area is 156 Å². The van der Waals surface area contributed by atoms with Crippen molar-refractivity contribution in [1.29, 1.82) is 0 Å². The molecule has 0 aliphatic carbocycles. The highest BCUT2D eigenvalue weighted by atomic mass is 35.5. The zero-order valence-electron chi connectivity index (χ0n) is 14.6. The number of carbonyl (C=O) groups is 1. The van der Waals surface area contributed by atoms with E-state index >= 15 is 0 Å². The maximum absolute atomic E-state index is 12.5. The Hall–Kier alpha value is -2.66. The fraction of sp³-hybridized carbons (Fsp3) is 0.250. The van der Waals surface area contributed by atoms with Gasteiger partial charge in [0.1, 0.15) is 0 Å². The molecule has 6 heteroatoms. The summed E-state index contributed by atoms with van der Waals surface area (Å²) in [6.45, 7) is 4.46. The number of hydrogen-bond acceptors (Lipinski definition) is 4. The van der Waals surface area contributed by atoms with E-state index < -0.39 is 0 Å². The van der Waals surface area contributed by atoms with Gasteiger partial charge in [0, 0.05) is 29.2 Å². The Morgan fingerprint density at radius 1 is 1.19 bits per heavy atom. The van der Waals surface area contributed by atoms with Gasteiger partial charge in [-0.3, -0.25) is 4.79 Å². The summed E-state index contributed by atoms with van der Waals surface area (Å²) in [6.07, 6.45) is 0.348. The summed E-state index contributed by atoms with van der Waals surface area (Å²) in [7, 11) is 0. The number of aryl methyl sites for hydroxylation is 2. The summed E-state index contributed by atoms with van der Waals surface area (Å²) in [5, 5.41) is 4.73. The third-order valence-electron chi connectivity index (χ3n) is 4.66. The van der Waals surface area contributed by atoms with Gasteiger partial charge >= 0.3 is 0 Å². The van der Waals surface area contributed by atoms with Crippen molar-refractivity contribution >= 4 is 23.2 Å². The summed E-state index contributed by atoms with van der Waals surface area (Å²) in [5.74, 6) is 0.961. The topological polar surface area (TPSA) is 59.2 Å². The van der Waals surface area contributed by atoms with Gasteiger partial charge in [0.15, 0.2) is 0 Å². The normalized spacial score (nSPS) is 17.1. The van der Waals surface area contributed by atoms with E-state index in [1.54, 1.807) is 4.90 Å². The minimum atomic E-state index is -0.117. The van der Waals surface area contributed by atoms with Crippen LogP contribution in [-0.2, 0) is 4.79 Å². The van der Waals surface area contributed by atoms with Crippen LogP contribution >= 0.6 is 11.6 Å². The lowest BCUT2D eigenvalue weighted by Gasteiger charge is -2.17. The number of rotatable bonds is 3. The Balaban J connectivity index is 1.56. The second-order valence-electron chi connectivity index (χ2n) is 6.66. The van der Waals surface area contributed by atoms with Crippen LogP contribution in [0.2, 0.25) is 5.02 Å². The molecular formula is C20H18ClN3O2. The van der Waals surface area contributed by atoms with E-state index in [9.17, 15) is 4.79 Å². The van der Waals surface area contributed by atoms with Gasteiger partial charge in [-0.15, -0.1) is 0 Å². The fourth-order valence-corrected chi connectivity index (χ4v) is 3.35. The number of anilines is 1. The van der Waals surface area contributed by atoms with E-state index in [-0.39, 0.29) is 11.8 Å². The zero-order valence-corrected chi connectivity index (χ0v) is 15.3. The molecular weight excluding hydrogens is 350 g/mol. The largest absolute Gasteiger partial charge is 0.339 e. The summed E-state index contributed by atoms with van der Waals surface area (Å²) in [5.41, 5.74) is 3.82. The first-order valence-corrected chi connectivity index (χ1v) is 8.86. The highest BCUT2D eigenvalue weighted by Crippen LogP contribution is 2.33. The summed E-state index contributed by atoms with van der Waals surface area (Å²) >= 11 is 6.20. The number of aromatic nitrogens is 2. The molecule has 1 aromatic heterocycles. The van der Waals surface area contributed by atoms with E-state index in [1.165, 1.54) is 0 Å². The molecule has 5 nitrogen and oxygen atoms in total. The minimum Gasteiger partial charge on any atom is -0.339 e. The van der Waals surface area contributed by atoms with Crippen molar-refractivity contribution in [3.05, 3.63) is 64.5 Å². The third-order valence-corrected chi connectivity index (χ3v) is 5.07. The standard InChI is InChI=1S/C20H18ClN3O2/c1-12-4-3-5-14(8-12)19-22-20(26-23-19)15-9-18(25)24(11-15)16-7-6-13(2)17(21)10-16/h3-8,10,15H,9,11H2,1-2H3/t15-/m0/s1. The van der Waals surface area contributed by atoms with Crippen LogP contribution in [0.4, 0.5) is 5.69 Å². The summed E-state index contributed by atoms with van der Waals surface area (Å²) in [4.78, 5) is 18.7. The Morgan fingerprint density at radius 2 is 2.04 bits per heavy atom. The Morgan fingerprint density at radius 3 is 2.81 bits per heavy atom. The number of benzene rings is 2. The zero-order chi connectivity index (χ0) is 18.3. The van der Waals surface area contributed by atoms with Gasteiger partial charge in [0.25, 0.3) is 0 Å². The number of nitrogens with zero attached hydrogens (tertiary/aromatic N) is 3. The van der Waals surface area contributed by atoms with Crippen molar-refractivity contribution < 1.29 is 9.32 Å². The van der Waals surface area contributed by atoms with Crippen molar-refractivity contribution in [2.24, 2.45) is 0 Å². The molecule has 0 bridgehead atoms. The molecule has 0 N–H and O–H groups in total. The van der Waals surface area contributed by atoms with Crippen molar-refractivity contribution in [3.8, 4) is 11.4 Å². The lowest BCUT2D eigenvalue weighted by molar-refractivity contribution is -0.117.